The monoisotopic (exact) mass is 300 g/mol. The van der Waals surface area contributed by atoms with E-state index in [1.807, 2.05) is 11.8 Å². The maximum atomic E-state index is 12.4. The third-order valence-corrected chi connectivity index (χ3v) is 5.47. The molecule has 0 aromatic heterocycles. The summed E-state index contributed by atoms with van der Waals surface area (Å²) in [6.45, 7) is 5.99. The number of hydrogen-bond donors (Lipinski definition) is 0. The Balaban J connectivity index is 1.82. The minimum Gasteiger partial charge on any atom is -0.358 e. The van der Waals surface area contributed by atoms with Gasteiger partial charge in [-0.2, -0.15) is 0 Å². The summed E-state index contributed by atoms with van der Waals surface area (Å²) in [5, 5.41) is -0.0359. The second-order valence-electron chi connectivity index (χ2n) is 5.46. The third kappa shape index (κ3) is 4.35. The maximum absolute atomic E-state index is 12.4. The SMILES string of the molecule is CC(SC(=S)N1CCCC1)C(=O)N1CCCCCC1. The van der Waals surface area contributed by atoms with Gasteiger partial charge >= 0.3 is 0 Å². The van der Waals surface area contributed by atoms with Crippen LogP contribution in [0.4, 0.5) is 0 Å². The molecule has 0 aromatic carbocycles. The number of rotatable bonds is 2. The molecule has 2 heterocycles. The predicted octanol–water partition coefficient (Wildman–Crippen LogP) is 2.89. The molecule has 2 rings (SSSR count). The van der Waals surface area contributed by atoms with Gasteiger partial charge in [0.15, 0.2) is 0 Å². The summed E-state index contributed by atoms with van der Waals surface area (Å²) >= 11 is 7.03. The normalized spacial score (nSPS) is 22.2. The van der Waals surface area contributed by atoms with Gasteiger partial charge in [-0.1, -0.05) is 36.8 Å². The van der Waals surface area contributed by atoms with Crippen LogP contribution in [-0.2, 0) is 4.79 Å². The van der Waals surface area contributed by atoms with Crippen molar-refractivity contribution in [3.05, 3.63) is 0 Å². The van der Waals surface area contributed by atoms with Gasteiger partial charge in [-0.15, -0.1) is 0 Å². The maximum Gasteiger partial charge on any atom is 0.235 e. The van der Waals surface area contributed by atoms with Crippen molar-refractivity contribution in [2.24, 2.45) is 0 Å². The minimum absolute atomic E-state index is 0.0359. The largest absolute Gasteiger partial charge is 0.358 e. The summed E-state index contributed by atoms with van der Waals surface area (Å²) in [5.41, 5.74) is 0. The van der Waals surface area contributed by atoms with Crippen LogP contribution in [0.5, 0.6) is 0 Å². The zero-order valence-corrected chi connectivity index (χ0v) is 13.4. The Bertz CT molecular complexity index is 321. The Morgan fingerprint density at radius 3 is 2.00 bits per heavy atom. The van der Waals surface area contributed by atoms with Crippen molar-refractivity contribution in [1.29, 1.82) is 0 Å². The highest BCUT2D eigenvalue weighted by Gasteiger charge is 2.25. The second kappa shape index (κ2) is 7.48. The lowest BCUT2D eigenvalue weighted by atomic mass is 10.2. The van der Waals surface area contributed by atoms with E-state index in [1.165, 1.54) is 25.7 Å². The smallest absolute Gasteiger partial charge is 0.235 e. The number of nitrogens with zero attached hydrogens (tertiary/aromatic N) is 2. The lowest BCUT2D eigenvalue weighted by Gasteiger charge is -2.25. The Morgan fingerprint density at radius 1 is 0.947 bits per heavy atom. The van der Waals surface area contributed by atoms with Crippen LogP contribution in [0.2, 0.25) is 0 Å². The van der Waals surface area contributed by atoms with Crippen LogP contribution in [0.15, 0.2) is 0 Å². The Kier molecular flexibility index (Phi) is 5.95. The van der Waals surface area contributed by atoms with Gasteiger partial charge in [0.25, 0.3) is 0 Å². The van der Waals surface area contributed by atoms with E-state index >= 15 is 0 Å². The van der Waals surface area contributed by atoms with Crippen molar-refractivity contribution in [2.45, 2.75) is 50.7 Å². The van der Waals surface area contributed by atoms with Crippen LogP contribution in [0.25, 0.3) is 0 Å². The molecule has 0 spiro atoms. The van der Waals surface area contributed by atoms with E-state index in [0.29, 0.717) is 0 Å². The lowest BCUT2D eigenvalue weighted by molar-refractivity contribution is -0.130. The second-order valence-corrected chi connectivity index (χ2v) is 7.43. The molecule has 5 heteroatoms. The summed E-state index contributed by atoms with van der Waals surface area (Å²) < 4.78 is 0.910. The molecule has 2 saturated heterocycles. The molecular weight excluding hydrogens is 276 g/mol. The van der Waals surface area contributed by atoms with Crippen molar-refractivity contribution in [3.8, 4) is 0 Å². The van der Waals surface area contributed by atoms with Crippen molar-refractivity contribution in [3.63, 3.8) is 0 Å². The van der Waals surface area contributed by atoms with Gasteiger partial charge in [-0.05, 0) is 32.6 Å². The fraction of sp³-hybridized carbons (Fsp3) is 0.857. The molecule has 1 atom stereocenters. The fourth-order valence-corrected chi connectivity index (χ4v) is 4.22. The first kappa shape index (κ1) is 15.1. The van der Waals surface area contributed by atoms with E-state index in [-0.39, 0.29) is 11.2 Å². The summed E-state index contributed by atoms with van der Waals surface area (Å²) in [4.78, 5) is 16.7. The molecule has 2 fully saturated rings. The standard InChI is InChI=1S/C14H24N2OS2/c1-12(19-14(18)16-10-6-7-11-16)13(17)15-8-4-2-3-5-9-15/h12H,2-11H2,1H3. The summed E-state index contributed by atoms with van der Waals surface area (Å²) in [6, 6.07) is 0. The summed E-state index contributed by atoms with van der Waals surface area (Å²) in [6.07, 6.45) is 7.29. The highest BCUT2D eigenvalue weighted by Crippen LogP contribution is 2.22. The van der Waals surface area contributed by atoms with Gasteiger partial charge in [0, 0.05) is 26.2 Å². The van der Waals surface area contributed by atoms with Crippen LogP contribution in [0, 0.1) is 0 Å². The number of carbonyl (C=O) groups is 1. The quantitative estimate of drug-likeness (QED) is 0.732. The van der Waals surface area contributed by atoms with E-state index in [9.17, 15) is 4.79 Å². The van der Waals surface area contributed by atoms with Gasteiger partial charge in [0.2, 0.25) is 5.91 Å². The van der Waals surface area contributed by atoms with Gasteiger partial charge in [0.1, 0.15) is 4.32 Å². The number of carbonyl (C=O) groups excluding carboxylic acids is 1. The molecule has 0 bridgehead atoms. The molecule has 1 unspecified atom stereocenters. The van der Waals surface area contributed by atoms with Crippen molar-refractivity contribution in [1.82, 2.24) is 9.80 Å². The van der Waals surface area contributed by atoms with Crippen molar-refractivity contribution >= 4 is 34.2 Å². The van der Waals surface area contributed by atoms with Crippen molar-refractivity contribution in [2.75, 3.05) is 26.2 Å². The number of hydrogen-bond acceptors (Lipinski definition) is 3. The molecule has 3 nitrogen and oxygen atoms in total. The zero-order chi connectivity index (χ0) is 13.7. The first-order chi connectivity index (χ1) is 9.18. The third-order valence-electron chi connectivity index (χ3n) is 3.91. The van der Waals surface area contributed by atoms with Gasteiger partial charge < -0.3 is 9.80 Å². The molecule has 1 amide bonds. The molecule has 0 saturated carbocycles. The van der Waals surface area contributed by atoms with E-state index in [2.05, 4.69) is 4.90 Å². The van der Waals surface area contributed by atoms with Crippen LogP contribution in [0.1, 0.15) is 45.4 Å². The van der Waals surface area contributed by atoms with Crippen LogP contribution in [0.3, 0.4) is 0 Å². The van der Waals surface area contributed by atoms with E-state index in [1.54, 1.807) is 11.8 Å². The van der Waals surface area contributed by atoms with Gasteiger partial charge in [0.05, 0.1) is 5.25 Å². The predicted molar refractivity (Wildman–Crippen MR) is 85.5 cm³/mol. The van der Waals surface area contributed by atoms with Crippen LogP contribution < -0.4 is 0 Å². The Morgan fingerprint density at radius 2 is 1.42 bits per heavy atom. The van der Waals surface area contributed by atoms with Crippen LogP contribution in [-0.4, -0.2) is 51.5 Å². The highest BCUT2D eigenvalue weighted by molar-refractivity contribution is 8.23. The average molecular weight is 300 g/mol. The molecule has 2 aliphatic heterocycles. The first-order valence-corrected chi connectivity index (χ1v) is 8.71. The highest BCUT2D eigenvalue weighted by atomic mass is 32.2. The van der Waals surface area contributed by atoms with Gasteiger partial charge in [-0.25, -0.2) is 0 Å². The topological polar surface area (TPSA) is 23.6 Å². The van der Waals surface area contributed by atoms with Gasteiger partial charge in [-0.3, -0.25) is 4.79 Å². The minimum atomic E-state index is -0.0359. The summed E-state index contributed by atoms with van der Waals surface area (Å²) in [7, 11) is 0. The average Bonchev–Trinajstić information content (AvgIpc) is 2.81. The van der Waals surface area contributed by atoms with E-state index < -0.39 is 0 Å². The van der Waals surface area contributed by atoms with Crippen molar-refractivity contribution < 1.29 is 4.79 Å². The number of thiocarbonyl (C=S) groups is 1. The zero-order valence-electron chi connectivity index (χ0n) is 11.8. The molecule has 108 valence electrons. The Hall–Kier alpha value is -0.290. The molecule has 0 radical (unpaired) electrons. The van der Waals surface area contributed by atoms with E-state index in [0.717, 1.165) is 43.3 Å². The molecule has 2 aliphatic rings. The Labute approximate surface area is 126 Å². The number of likely N-dealkylation sites (tertiary alicyclic amines) is 2. The number of thioether (sulfide) groups is 1. The van der Waals surface area contributed by atoms with Crippen LogP contribution >= 0.6 is 24.0 Å². The molecule has 0 N–H and O–H groups in total. The van der Waals surface area contributed by atoms with E-state index in [4.69, 9.17) is 12.2 Å². The molecule has 0 aromatic rings. The molecule has 0 aliphatic carbocycles. The summed E-state index contributed by atoms with van der Waals surface area (Å²) in [5.74, 6) is 0.272. The number of amides is 1. The lowest BCUT2D eigenvalue weighted by Crippen LogP contribution is -2.38. The first-order valence-electron chi connectivity index (χ1n) is 7.43. The molecule has 19 heavy (non-hydrogen) atoms. The molecular formula is C14H24N2OS2. The fourth-order valence-electron chi connectivity index (χ4n) is 2.72.